The Balaban J connectivity index is 1.79. The van der Waals surface area contributed by atoms with E-state index in [1.807, 2.05) is 36.7 Å². The van der Waals surface area contributed by atoms with Crippen LogP contribution >= 0.6 is 0 Å². The molecular weight excluding hydrogens is 356 g/mol. The molecule has 0 aliphatic rings. The molecule has 0 bridgehead atoms. The summed E-state index contributed by atoms with van der Waals surface area (Å²) in [7, 11) is 0. The van der Waals surface area contributed by atoms with E-state index in [-0.39, 0.29) is 0 Å². The van der Waals surface area contributed by atoms with Gasteiger partial charge in [-0.05, 0) is 35.4 Å². The minimum absolute atomic E-state index is 0.530. The van der Waals surface area contributed by atoms with Crippen LogP contribution in [0.4, 0.5) is 0 Å². The fourth-order valence-corrected chi connectivity index (χ4v) is 3.64. The fourth-order valence-electron chi connectivity index (χ4n) is 3.64. The first-order valence-corrected chi connectivity index (χ1v) is 9.62. The monoisotopic (exact) mass is 376 g/mol. The second-order valence-electron chi connectivity index (χ2n) is 6.96. The van der Waals surface area contributed by atoms with Crippen LogP contribution in [0.15, 0.2) is 91.3 Å². The minimum atomic E-state index is 0.530. The Morgan fingerprint density at radius 1 is 0.793 bits per heavy atom. The summed E-state index contributed by atoms with van der Waals surface area (Å²) >= 11 is 0. The number of pyridine rings is 2. The van der Waals surface area contributed by atoms with E-state index in [2.05, 4.69) is 64.6 Å². The molecule has 0 saturated heterocycles. The molecule has 0 unspecified atom stereocenters. The van der Waals surface area contributed by atoms with Crippen LogP contribution in [0.1, 0.15) is 5.56 Å². The third-order valence-electron chi connectivity index (χ3n) is 5.14. The van der Waals surface area contributed by atoms with Crippen LogP contribution in [-0.4, -0.2) is 15.0 Å². The number of hydrogen-bond acceptors (Lipinski definition) is 3. The van der Waals surface area contributed by atoms with E-state index >= 15 is 0 Å². The Morgan fingerprint density at radius 3 is 2.34 bits per heavy atom. The maximum Gasteiger partial charge on any atom is 0.0958 e. The van der Waals surface area contributed by atoms with E-state index in [4.69, 9.17) is 10.7 Å². The number of H-pyrrole nitrogens is 1. The molecule has 0 aliphatic carbocycles. The van der Waals surface area contributed by atoms with Gasteiger partial charge in [0.2, 0.25) is 0 Å². The molecule has 4 nitrogen and oxygen atoms in total. The lowest BCUT2D eigenvalue weighted by atomic mass is 9.96. The molecular formula is C25H20N4. The number of nitrogens with two attached hydrogens (primary N) is 1. The molecule has 0 spiro atoms. The van der Waals surface area contributed by atoms with E-state index in [0.29, 0.717) is 6.54 Å². The van der Waals surface area contributed by atoms with Gasteiger partial charge < -0.3 is 10.7 Å². The van der Waals surface area contributed by atoms with Gasteiger partial charge in [-0.15, -0.1) is 0 Å². The standard InChI is InChI=1S/C25H20N4/c26-16-17-8-10-19(11-9-17)24-20(18-5-2-1-3-6-18)15-21-22(29-24)12-14-28-25(21)23-7-4-13-27-23/h1-15,27H,16,26H2. The van der Waals surface area contributed by atoms with E-state index < -0.39 is 0 Å². The van der Waals surface area contributed by atoms with Crippen LogP contribution in [0.3, 0.4) is 0 Å². The molecule has 4 heteroatoms. The van der Waals surface area contributed by atoms with Crippen molar-refractivity contribution in [1.82, 2.24) is 15.0 Å². The minimum Gasteiger partial charge on any atom is -0.360 e. The lowest BCUT2D eigenvalue weighted by Crippen LogP contribution is -1.97. The normalized spacial score (nSPS) is 11.1. The van der Waals surface area contributed by atoms with Crippen molar-refractivity contribution in [2.75, 3.05) is 0 Å². The lowest BCUT2D eigenvalue weighted by Gasteiger charge is -2.13. The second-order valence-corrected chi connectivity index (χ2v) is 6.96. The fraction of sp³-hybridized carbons (Fsp3) is 0.0400. The smallest absolute Gasteiger partial charge is 0.0958 e. The number of rotatable bonds is 4. The van der Waals surface area contributed by atoms with E-state index in [1.54, 1.807) is 0 Å². The molecule has 0 radical (unpaired) electrons. The van der Waals surface area contributed by atoms with Gasteiger partial charge in [0.15, 0.2) is 0 Å². The van der Waals surface area contributed by atoms with Gasteiger partial charge in [0.1, 0.15) is 0 Å². The molecule has 0 atom stereocenters. The third kappa shape index (κ3) is 3.20. The first-order valence-electron chi connectivity index (χ1n) is 9.62. The SMILES string of the molecule is NCc1ccc(-c2nc3ccnc(-c4ccc[nH]4)c3cc2-c2ccccc2)cc1. The maximum atomic E-state index is 5.77. The lowest BCUT2D eigenvalue weighted by molar-refractivity contribution is 1.07. The summed E-state index contributed by atoms with van der Waals surface area (Å²) in [5.74, 6) is 0. The van der Waals surface area contributed by atoms with Gasteiger partial charge in [0, 0.05) is 35.5 Å². The largest absolute Gasteiger partial charge is 0.360 e. The van der Waals surface area contributed by atoms with E-state index in [1.165, 1.54) is 0 Å². The Hall–Kier alpha value is -3.76. The average Bonchev–Trinajstić information content (AvgIpc) is 3.33. The summed E-state index contributed by atoms with van der Waals surface area (Å²) in [5.41, 5.74) is 13.9. The first kappa shape index (κ1) is 17.3. The van der Waals surface area contributed by atoms with Crippen LogP contribution < -0.4 is 5.73 Å². The Morgan fingerprint density at radius 2 is 1.62 bits per heavy atom. The van der Waals surface area contributed by atoms with Crippen LogP contribution in [0.25, 0.3) is 44.7 Å². The molecule has 5 rings (SSSR count). The summed E-state index contributed by atoms with van der Waals surface area (Å²) in [4.78, 5) is 12.9. The van der Waals surface area contributed by atoms with E-state index in [0.717, 1.165) is 50.2 Å². The van der Waals surface area contributed by atoms with Crippen molar-refractivity contribution >= 4 is 10.9 Å². The summed E-state index contributed by atoms with van der Waals surface area (Å²) in [6.07, 6.45) is 3.73. The van der Waals surface area contributed by atoms with Gasteiger partial charge >= 0.3 is 0 Å². The van der Waals surface area contributed by atoms with Crippen LogP contribution in [0.5, 0.6) is 0 Å². The van der Waals surface area contributed by atoms with Gasteiger partial charge in [-0.3, -0.25) is 4.98 Å². The molecule has 140 valence electrons. The third-order valence-corrected chi connectivity index (χ3v) is 5.14. The molecule has 3 aromatic heterocycles. The molecule has 3 heterocycles. The molecule has 29 heavy (non-hydrogen) atoms. The van der Waals surface area contributed by atoms with Gasteiger partial charge in [-0.25, -0.2) is 4.98 Å². The zero-order valence-electron chi connectivity index (χ0n) is 15.8. The Labute approximate surface area is 169 Å². The van der Waals surface area contributed by atoms with Crippen molar-refractivity contribution in [1.29, 1.82) is 0 Å². The Kier molecular flexibility index (Phi) is 4.39. The second kappa shape index (κ2) is 7.34. The van der Waals surface area contributed by atoms with Crippen molar-refractivity contribution < 1.29 is 0 Å². The zero-order chi connectivity index (χ0) is 19.6. The van der Waals surface area contributed by atoms with Crippen LogP contribution in [0, 0.1) is 0 Å². The predicted molar refractivity (Wildman–Crippen MR) is 118 cm³/mol. The number of fused-ring (bicyclic) bond motifs is 1. The van der Waals surface area contributed by atoms with Gasteiger partial charge in [0.05, 0.1) is 22.6 Å². The summed E-state index contributed by atoms with van der Waals surface area (Å²) < 4.78 is 0. The summed E-state index contributed by atoms with van der Waals surface area (Å²) in [6, 6.07) is 26.9. The maximum absolute atomic E-state index is 5.77. The number of aromatic amines is 1. The van der Waals surface area contributed by atoms with Crippen molar-refractivity contribution in [3.8, 4) is 33.8 Å². The Bertz CT molecular complexity index is 1260. The molecule has 0 fully saturated rings. The molecule has 0 saturated carbocycles. The molecule has 3 N–H and O–H groups in total. The van der Waals surface area contributed by atoms with Crippen LogP contribution in [-0.2, 0) is 6.54 Å². The summed E-state index contributed by atoms with van der Waals surface area (Å²) in [5, 5.41) is 1.02. The first-order chi connectivity index (χ1) is 14.3. The van der Waals surface area contributed by atoms with Gasteiger partial charge in [-0.2, -0.15) is 0 Å². The molecule has 5 aromatic rings. The number of hydrogen-bond donors (Lipinski definition) is 2. The number of aromatic nitrogens is 3. The molecule has 0 aliphatic heterocycles. The average molecular weight is 376 g/mol. The van der Waals surface area contributed by atoms with Crippen LogP contribution in [0.2, 0.25) is 0 Å². The van der Waals surface area contributed by atoms with Crippen molar-refractivity contribution in [2.24, 2.45) is 5.73 Å². The van der Waals surface area contributed by atoms with E-state index in [9.17, 15) is 0 Å². The summed E-state index contributed by atoms with van der Waals surface area (Å²) in [6.45, 7) is 0.530. The highest BCUT2D eigenvalue weighted by atomic mass is 14.8. The number of nitrogens with zero attached hydrogens (tertiary/aromatic N) is 2. The quantitative estimate of drug-likeness (QED) is 0.440. The van der Waals surface area contributed by atoms with Crippen molar-refractivity contribution in [3.05, 3.63) is 96.8 Å². The van der Waals surface area contributed by atoms with Gasteiger partial charge in [0.25, 0.3) is 0 Å². The van der Waals surface area contributed by atoms with Crippen molar-refractivity contribution in [3.63, 3.8) is 0 Å². The zero-order valence-corrected chi connectivity index (χ0v) is 15.8. The topological polar surface area (TPSA) is 67.6 Å². The van der Waals surface area contributed by atoms with Gasteiger partial charge in [-0.1, -0.05) is 54.6 Å². The predicted octanol–water partition coefficient (Wildman–Crippen LogP) is 5.42. The number of nitrogens with one attached hydrogen (secondary N) is 1. The highest BCUT2D eigenvalue weighted by molar-refractivity contribution is 5.97. The molecule has 2 aromatic carbocycles. The highest BCUT2D eigenvalue weighted by Crippen LogP contribution is 2.35. The highest BCUT2D eigenvalue weighted by Gasteiger charge is 2.15. The molecule has 0 amide bonds. The number of benzene rings is 2. The van der Waals surface area contributed by atoms with Crippen molar-refractivity contribution in [2.45, 2.75) is 6.54 Å².